The van der Waals surface area contributed by atoms with Crippen LogP contribution in [0.1, 0.15) is 25.7 Å². The lowest BCUT2D eigenvalue weighted by Gasteiger charge is -2.36. The molecule has 9 heteroatoms. The van der Waals surface area contributed by atoms with Crippen molar-refractivity contribution in [3.8, 4) is 0 Å². The molecule has 0 aromatic heterocycles. The zero-order chi connectivity index (χ0) is 18.5. The van der Waals surface area contributed by atoms with Crippen LogP contribution in [0.25, 0.3) is 0 Å². The smallest absolute Gasteiger partial charge is 0.242 e. The summed E-state index contributed by atoms with van der Waals surface area (Å²) in [7, 11) is 0. The van der Waals surface area contributed by atoms with Crippen molar-refractivity contribution in [2.45, 2.75) is 31.7 Å². The molecule has 2 amide bonds. The van der Waals surface area contributed by atoms with Gasteiger partial charge in [0.2, 0.25) is 11.8 Å². The third kappa shape index (κ3) is 6.69. The Labute approximate surface area is 184 Å². The van der Waals surface area contributed by atoms with Crippen molar-refractivity contribution < 1.29 is 9.59 Å². The molecule has 0 bridgehead atoms. The van der Waals surface area contributed by atoms with Gasteiger partial charge in [-0.2, -0.15) is 0 Å². The third-order valence-corrected chi connectivity index (χ3v) is 5.54. The van der Waals surface area contributed by atoms with Gasteiger partial charge in [0.25, 0.3) is 0 Å². The lowest BCUT2D eigenvalue weighted by molar-refractivity contribution is -0.134. The minimum atomic E-state index is -0.0498. The molecule has 1 saturated heterocycles. The van der Waals surface area contributed by atoms with Crippen molar-refractivity contribution in [3.63, 3.8) is 0 Å². The van der Waals surface area contributed by atoms with Crippen LogP contribution in [0.2, 0.25) is 5.02 Å². The zero-order valence-electron chi connectivity index (χ0n) is 15.8. The molecule has 1 aliphatic heterocycles. The number of nitrogens with one attached hydrogen (secondary N) is 1. The van der Waals surface area contributed by atoms with Gasteiger partial charge in [0.05, 0.1) is 6.54 Å². The summed E-state index contributed by atoms with van der Waals surface area (Å²) in [5.41, 5.74) is 7.01. The van der Waals surface area contributed by atoms with Gasteiger partial charge in [0, 0.05) is 48.8 Å². The van der Waals surface area contributed by atoms with Crippen molar-refractivity contribution in [1.82, 2.24) is 10.2 Å². The van der Waals surface area contributed by atoms with Crippen LogP contribution in [-0.2, 0) is 9.59 Å². The molecule has 1 aromatic carbocycles. The maximum atomic E-state index is 12.4. The van der Waals surface area contributed by atoms with Crippen LogP contribution in [0.15, 0.2) is 24.3 Å². The molecule has 1 aliphatic carbocycles. The predicted molar refractivity (Wildman–Crippen MR) is 118 cm³/mol. The number of halogens is 3. The monoisotopic (exact) mass is 450 g/mol. The maximum absolute atomic E-state index is 12.4. The van der Waals surface area contributed by atoms with Gasteiger partial charge in [-0.3, -0.25) is 9.59 Å². The van der Waals surface area contributed by atoms with E-state index < -0.39 is 0 Å². The third-order valence-electron chi connectivity index (χ3n) is 5.31. The van der Waals surface area contributed by atoms with Crippen LogP contribution < -0.4 is 16.0 Å². The van der Waals surface area contributed by atoms with Crippen LogP contribution in [0.4, 0.5) is 5.69 Å². The Kier molecular flexibility index (Phi) is 10.4. The van der Waals surface area contributed by atoms with Crippen LogP contribution in [-0.4, -0.2) is 55.5 Å². The van der Waals surface area contributed by atoms with Crippen LogP contribution in [0.3, 0.4) is 0 Å². The number of nitrogens with two attached hydrogens (primary N) is 1. The number of benzene rings is 1. The molecule has 2 fully saturated rings. The molecule has 1 saturated carbocycles. The Bertz CT molecular complexity index is 654. The number of carbonyl (C=O) groups is 2. The summed E-state index contributed by atoms with van der Waals surface area (Å²) in [6, 6.07) is 7.86. The van der Waals surface area contributed by atoms with Crippen LogP contribution in [0.5, 0.6) is 0 Å². The molecule has 2 atom stereocenters. The summed E-state index contributed by atoms with van der Waals surface area (Å²) in [4.78, 5) is 28.7. The number of hydrogen-bond acceptors (Lipinski definition) is 4. The van der Waals surface area contributed by atoms with E-state index in [0.29, 0.717) is 18.1 Å². The van der Waals surface area contributed by atoms with E-state index in [-0.39, 0.29) is 55.1 Å². The molecular formula is C19H29Cl3N4O2. The van der Waals surface area contributed by atoms with Gasteiger partial charge in [-0.1, -0.05) is 24.1 Å². The summed E-state index contributed by atoms with van der Waals surface area (Å²) >= 11 is 6.05. The number of piperazine rings is 1. The van der Waals surface area contributed by atoms with E-state index >= 15 is 0 Å². The highest BCUT2D eigenvalue weighted by Crippen LogP contribution is 2.23. The van der Waals surface area contributed by atoms with E-state index in [1.165, 1.54) is 0 Å². The topological polar surface area (TPSA) is 78.7 Å². The number of nitrogens with zero attached hydrogens (tertiary/aromatic N) is 2. The highest BCUT2D eigenvalue weighted by molar-refractivity contribution is 6.30. The number of carbonyl (C=O) groups excluding carboxylic acids is 2. The van der Waals surface area contributed by atoms with Gasteiger partial charge in [0.1, 0.15) is 0 Å². The lowest BCUT2D eigenvalue weighted by Crippen LogP contribution is -2.51. The zero-order valence-corrected chi connectivity index (χ0v) is 18.2. The Morgan fingerprint density at radius 2 is 1.86 bits per heavy atom. The minimum absolute atomic E-state index is 0. The average Bonchev–Trinajstić information content (AvgIpc) is 2.66. The average molecular weight is 452 g/mol. The van der Waals surface area contributed by atoms with Crippen molar-refractivity contribution in [2.75, 3.05) is 37.6 Å². The Hall–Kier alpha value is -1.21. The standard InChI is InChI=1S/C19H27ClN4O2.2ClH/c20-15-4-2-6-17(12-15)23-7-9-24(10-8-23)18(25)13-22-19(26)14-3-1-5-16(21)11-14;;/h2,4,6,12,14,16H,1,3,5,7-11,13,21H2,(H,22,26);2*1H. The number of rotatable bonds is 4. The van der Waals surface area contributed by atoms with E-state index in [9.17, 15) is 9.59 Å². The van der Waals surface area contributed by atoms with E-state index in [2.05, 4.69) is 10.2 Å². The fraction of sp³-hybridized carbons (Fsp3) is 0.579. The second-order valence-electron chi connectivity index (χ2n) is 7.19. The quantitative estimate of drug-likeness (QED) is 0.737. The van der Waals surface area contributed by atoms with Gasteiger partial charge in [0.15, 0.2) is 0 Å². The molecule has 1 heterocycles. The molecule has 6 nitrogen and oxygen atoms in total. The number of anilines is 1. The summed E-state index contributed by atoms with van der Waals surface area (Å²) in [6.45, 7) is 2.89. The van der Waals surface area contributed by atoms with E-state index in [4.69, 9.17) is 17.3 Å². The first-order valence-corrected chi connectivity index (χ1v) is 9.72. The summed E-state index contributed by atoms with van der Waals surface area (Å²) < 4.78 is 0. The molecule has 1 aromatic rings. The second kappa shape index (κ2) is 11.7. The summed E-state index contributed by atoms with van der Waals surface area (Å²) in [5, 5.41) is 3.52. The normalized spacial score (nSPS) is 21.9. The number of hydrogen-bond donors (Lipinski definition) is 2. The highest BCUT2D eigenvalue weighted by atomic mass is 35.5. The first-order valence-electron chi connectivity index (χ1n) is 9.34. The second-order valence-corrected chi connectivity index (χ2v) is 7.63. The highest BCUT2D eigenvalue weighted by Gasteiger charge is 2.26. The molecule has 3 N–H and O–H groups in total. The van der Waals surface area contributed by atoms with Gasteiger partial charge in [-0.25, -0.2) is 0 Å². The molecule has 2 aliphatic rings. The first kappa shape index (κ1) is 24.8. The van der Waals surface area contributed by atoms with Crippen molar-refractivity contribution in [3.05, 3.63) is 29.3 Å². The van der Waals surface area contributed by atoms with Crippen molar-refractivity contribution in [2.24, 2.45) is 11.7 Å². The van der Waals surface area contributed by atoms with Gasteiger partial charge in [-0.15, -0.1) is 24.8 Å². The van der Waals surface area contributed by atoms with Crippen molar-refractivity contribution >= 4 is 53.9 Å². The molecule has 0 radical (unpaired) electrons. The van der Waals surface area contributed by atoms with Crippen molar-refractivity contribution in [1.29, 1.82) is 0 Å². The largest absolute Gasteiger partial charge is 0.368 e. The molecular weight excluding hydrogens is 423 g/mol. The fourth-order valence-corrected chi connectivity index (χ4v) is 3.96. The van der Waals surface area contributed by atoms with Crippen LogP contribution in [0, 0.1) is 5.92 Å². The predicted octanol–water partition coefficient (Wildman–Crippen LogP) is 2.47. The Morgan fingerprint density at radius 1 is 1.14 bits per heavy atom. The molecule has 158 valence electrons. The minimum Gasteiger partial charge on any atom is -0.368 e. The Morgan fingerprint density at radius 3 is 2.50 bits per heavy atom. The maximum Gasteiger partial charge on any atom is 0.242 e. The lowest BCUT2D eigenvalue weighted by atomic mass is 9.85. The Balaban J connectivity index is 0.00000196. The van der Waals surface area contributed by atoms with E-state index in [1.807, 2.05) is 29.2 Å². The molecule has 3 rings (SSSR count). The van der Waals surface area contributed by atoms with Gasteiger partial charge in [-0.05, 0) is 37.5 Å². The van der Waals surface area contributed by atoms with E-state index in [0.717, 1.165) is 44.5 Å². The van der Waals surface area contributed by atoms with Gasteiger partial charge >= 0.3 is 0 Å². The SMILES string of the molecule is Cl.Cl.NC1CCCC(C(=O)NCC(=O)N2CCN(c3cccc(Cl)c3)CC2)C1. The van der Waals surface area contributed by atoms with Crippen LogP contribution >= 0.6 is 36.4 Å². The fourth-order valence-electron chi connectivity index (χ4n) is 3.77. The summed E-state index contributed by atoms with van der Waals surface area (Å²) in [6.07, 6.45) is 3.56. The van der Waals surface area contributed by atoms with E-state index in [1.54, 1.807) is 0 Å². The summed E-state index contributed by atoms with van der Waals surface area (Å²) in [5.74, 6) is -0.110. The van der Waals surface area contributed by atoms with Gasteiger partial charge < -0.3 is 20.9 Å². The number of amides is 2. The molecule has 28 heavy (non-hydrogen) atoms. The molecule has 2 unspecified atom stereocenters. The first-order chi connectivity index (χ1) is 12.5. The molecule has 0 spiro atoms.